The van der Waals surface area contributed by atoms with Crippen LogP contribution in [0.5, 0.6) is 0 Å². The van der Waals surface area contributed by atoms with Gasteiger partial charge in [-0.1, -0.05) is 6.92 Å². The zero-order valence-corrected chi connectivity index (χ0v) is 11.3. The summed E-state index contributed by atoms with van der Waals surface area (Å²) in [5.74, 6) is 2.43. The van der Waals surface area contributed by atoms with Crippen molar-refractivity contribution in [3.63, 3.8) is 0 Å². The molecule has 0 aliphatic heterocycles. The van der Waals surface area contributed by atoms with Gasteiger partial charge in [0.2, 0.25) is 0 Å². The van der Waals surface area contributed by atoms with Gasteiger partial charge in [-0.15, -0.1) is 11.6 Å². The Morgan fingerprint density at radius 1 is 1.38 bits per heavy atom. The highest BCUT2D eigenvalue weighted by Gasteiger charge is 2.12. The molecule has 4 heteroatoms. The monoisotopic (exact) mass is 241 g/mol. The van der Waals surface area contributed by atoms with Crippen molar-refractivity contribution in [3.8, 4) is 0 Å². The Bertz CT molecular complexity index is 339. The van der Waals surface area contributed by atoms with E-state index in [-0.39, 0.29) is 0 Å². The Kier molecular flexibility index (Phi) is 5.00. The standard InChI is InChI=1S/C12H20ClN3/c1-5-11-8-12(15-10(4)14-11)16(7-6-13)9(2)3/h8-9H,5-7H2,1-4H3. The predicted molar refractivity (Wildman–Crippen MR) is 69.3 cm³/mol. The first-order chi connectivity index (χ1) is 7.58. The summed E-state index contributed by atoms with van der Waals surface area (Å²) in [5.41, 5.74) is 1.09. The third-order valence-corrected chi connectivity index (χ3v) is 2.65. The summed E-state index contributed by atoms with van der Waals surface area (Å²) in [7, 11) is 0. The molecule has 0 aromatic carbocycles. The van der Waals surface area contributed by atoms with Crippen LogP contribution in [0.25, 0.3) is 0 Å². The van der Waals surface area contributed by atoms with Crippen molar-refractivity contribution >= 4 is 17.4 Å². The Morgan fingerprint density at radius 2 is 2.06 bits per heavy atom. The van der Waals surface area contributed by atoms with E-state index in [4.69, 9.17) is 11.6 Å². The van der Waals surface area contributed by atoms with Crippen LogP contribution in [0.15, 0.2) is 6.07 Å². The molecule has 0 amide bonds. The van der Waals surface area contributed by atoms with Crippen molar-refractivity contribution in [3.05, 3.63) is 17.6 Å². The van der Waals surface area contributed by atoms with Crippen LogP contribution in [0.1, 0.15) is 32.3 Å². The van der Waals surface area contributed by atoms with E-state index in [2.05, 4.69) is 41.7 Å². The molecule has 3 nitrogen and oxygen atoms in total. The average molecular weight is 242 g/mol. The second-order valence-corrected chi connectivity index (χ2v) is 4.47. The molecule has 16 heavy (non-hydrogen) atoms. The van der Waals surface area contributed by atoms with Crippen LogP contribution < -0.4 is 4.90 Å². The van der Waals surface area contributed by atoms with Gasteiger partial charge >= 0.3 is 0 Å². The Morgan fingerprint density at radius 3 is 2.56 bits per heavy atom. The SMILES string of the molecule is CCc1cc(N(CCCl)C(C)C)nc(C)n1. The third-order valence-electron chi connectivity index (χ3n) is 2.48. The maximum Gasteiger partial charge on any atom is 0.132 e. The highest BCUT2D eigenvalue weighted by Crippen LogP contribution is 2.16. The summed E-state index contributed by atoms with van der Waals surface area (Å²) in [5, 5.41) is 0. The van der Waals surface area contributed by atoms with Crippen molar-refractivity contribution in [2.24, 2.45) is 0 Å². The Hall–Kier alpha value is -0.830. The van der Waals surface area contributed by atoms with Crippen molar-refractivity contribution < 1.29 is 0 Å². The summed E-state index contributed by atoms with van der Waals surface area (Å²) in [6, 6.07) is 2.46. The van der Waals surface area contributed by atoms with Crippen molar-refractivity contribution in [2.45, 2.75) is 40.2 Å². The first kappa shape index (κ1) is 13.2. The lowest BCUT2D eigenvalue weighted by atomic mass is 10.2. The number of nitrogens with zero attached hydrogens (tertiary/aromatic N) is 3. The van der Waals surface area contributed by atoms with Crippen molar-refractivity contribution in [2.75, 3.05) is 17.3 Å². The molecule has 1 aromatic heterocycles. The molecule has 0 aliphatic carbocycles. The maximum atomic E-state index is 5.82. The number of halogens is 1. The fourth-order valence-corrected chi connectivity index (χ4v) is 1.85. The van der Waals surface area contributed by atoms with Gasteiger partial charge in [0.25, 0.3) is 0 Å². The lowest BCUT2D eigenvalue weighted by molar-refractivity contribution is 0.690. The van der Waals surface area contributed by atoms with Gasteiger partial charge in [0, 0.05) is 30.2 Å². The summed E-state index contributed by atoms with van der Waals surface area (Å²) in [4.78, 5) is 11.1. The zero-order chi connectivity index (χ0) is 12.1. The molecule has 0 unspecified atom stereocenters. The minimum Gasteiger partial charge on any atom is -0.353 e. The molecule has 1 rings (SSSR count). The highest BCUT2D eigenvalue weighted by atomic mass is 35.5. The van der Waals surface area contributed by atoms with Crippen molar-refractivity contribution in [1.82, 2.24) is 9.97 Å². The molecule has 1 heterocycles. The number of anilines is 1. The number of aromatic nitrogens is 2. The fourth-order valence-electron chi connectivity index (χ4n) is 1.67. The molecule has 0 bridgehead atoms. The van der Waals surface area contributed by atoms with Gasteiger partial charge in [-0.3, -0.25) is 0 Å². The normalized spacial score (nSPS) is 10.9. The molecule has 0 N–H and O–H groups in total. The second-order valence-electron chi connectivity index (χ2n) is 4.09. The van der Waals surface area contributed by atoms with Crippen molar-refractivity contribution in [1.29, 1.82) is 0 Å². The number of aryl methyl sites for hydroxylation is 2. The largest absolute Gasteiger partial charge is 0.353 e. The van der Waals surface area contributed by atoms with E-state index in [0.717, 1.165) is 30.3 Å². The minimum absolute atomic E-state index is 0.401. The summed E-state index contributed by atoms with van der Waals surface area (Å²) < 4.78 is 0. The molecule has 0 spiro atoms. The van der Waals surface area contributed by atoms with E-state index in [9.17, 15) is 0 Å². The molecule has 0 saturated heterocycles. The van der Waals surface area contributed by atoms with Gasteiger partial charge in [-0.05, 0) is 27.2 Å². The summed E-state index contributed by atoms with van der Waals surface area (Å²) >= 11 is 5.82. The zero-order valence-electron chi connectivity index (χ0n) is 10.5. The van der Waals surface area contributed by atoms with Crippen LogP contribution in [0.2, 0.25) is 0 Å². The molecule has 0 saturated carbocycles. The maximum absolute atomic E-state index is 5.82. The number of hydrogen-bond acceptors (Lipinski definition) is 3. The van der Waals surface area contributed by atoms with Gasteiger partial charge < -0.3 is 4.90 Å². The lowest BCUT2D eigenvalue weighted by Crippen LogP contribution is -2.33. The molecule has 0 fully saturated rings. The van der Waals surface area contributed by atoms with Gasteiger partial charge in [0.1, 0.15) is 11.6 Å². The predicted octanol–water partition coefficient (Wildman–Crippen LogP) is 2.80. The van der Waals surface area contributed by atoms with E-state index >= 15 is 0 Å². The molecule has 1 aromatic rings. The van der Waals surface area contributed by atoms with Crippen LogP contribution in [0.3, 0.4) is 0 Å². The highest BCUT2D eigenvalue weighted by molar-refractivity contribution is 6.18. The Balaban J connectivity index is 3.03. The average Bonchev–Trinajstić information content (AvgIpc) is 2.24. The first-order valence-corrected chi connectivity index (χ1v) is 6.29. The van der Waals surface area contributed by atoms with E-state index in [1.165, 1.54) is 0 Å². The van der Waals surface area contributed by atoms with Gasteiger partial charge in [-0.25, -0.2) is 9.97 Å². The number of hydrogen-bond donors (Lipinski definition) is 0. The number of rotatable bonds is 5. The smallest absolute Gasteiger partial charge is 0.132 e. The third kappa shape index (κ3) is 3.34. The van der Waals surface area contributed by atoms with E-state index in [1.54, 1.807) is 0 Å². The quantitative estimate of drug-likeness (QED) is 0.743. The van der Waals surface area contributed by atoms with Crippen LogP contribution >= 0.6 is 11.6 Å². The van der Waals surface area contributed by atoms with E-state index in [1.807, 2.05) is 6.92 Å². The topological polar surface area (TPSA) is 29.0 Å². The van der Waals surface area contributed by atoms with Crippen LogP contribution in [-0.4, -0.2) is 28.4 Å². The Labute approximate surface area is 103 Å². The second kappa shape index (κ2) is 6.04. The molecule has 0 radical (unpaired) electrons. The molecule has 0 atom stereocenters. The first-order valence-electron chi connectivity index (χ1n) is 5.75. The van der Waals surface area contributed by atoms with Crippen LogP contribution in [0, 0.1) is 6.92 Å². The van der Waals surface area contributed by atoms with E-state index in [0.29, 0.717) is 11.9 Å². The molecule has 90 valence electrons. The summed E-state index contributed by atoms with van der Waals surface area (Å²) in [6.07, 6.45) is 0.934. The minimum atomic E-state index is 0.401. The van der Waals surface area contributed by atoms with Crippen LogP contribution in [-0.2, 0) is 6.42 Å². The van der Waals surface area contributed by atoms with E-state index < -0.39 is 0 Å². The summed E-state index contributed by atoms with van der Waals surface area (Å²) in [6.45, 7) is 9.15. The molecular weight excluding hydrogens is 222 g/mol. The van der Waals surface area contributed by atoms with Gasteiger partial charge in [0.05, 0.1) is 0 Å². The van der Waals surface area contributed by atoms with Gasteiger partial charge in [0.15, 0.2) is 0 Å². The fraction of sp³-hybridized carbons (Fsp3) is 0.667. The van der Waals surface area contributed by atoms with Gasteiger partial charge in [-0.2, -0.15) is 0 Å². The number of alkyl halides is 1. The molecule has 0 aliphatic rings. The lowest BCUT2D eigenvalue weighted by Gasteiger charge is -2.27. The van der Waals surface area contributed by atoms with Crippen LogP contribution in [0.4, 0.5) is 5.82 Å². The molecular formula is C12H20ClN3.